The minimum atomic E-state index is -0.555. The number of nitrogens with zero attached hydrogens (tertiary/aromatic N) is 3. The fraction of sp³-hybridized carbons (Fsp3) is 0.714. The van der Waals surface area contributed by atoms with E-state index in [0.717, 1.165) is 51.4 Å². The molecule has 2 fully saturated rings. The molecule has 4 N–H and O–H groups in total. The number of nitrogens with one attached hydrogen (secondary N) is 2. The topological polar surface area (TPSA) is 122 Å². The molecule has 9 nitrogen and oxygen atoms in total. The highest BCUT2D eigenvalue weighted by atomic mass is 16.5. The van der Waals surface area contributed by atoms with Crippen LogP contribution in [-0.2, 0) is 9.53 Å². The maximum absolute atomic E-state index is 12.2. The molecule has 1 aromatic rings. The Hall–Kier alpha value is -2.42. The number of primary amides is 1. The number of nitrogens with two attached hydrogens (primary N) is 1. The van der Waals surface area contributed by atoms with Crippen LogP contribution in [0.2, 0.25) is 0 Å². The molecule has 2 saturated carbocycles. The molecule has 0 unspecified atom stereocenters. The van der Waals surface area contributed by atoms with E-state index in [0.29, 0.717) is 17.9 Å². The van der Waals surface area contributed by atoms with Gasteiger partial charge in [-0.1, -0.05) is 0 Å². The summed E-state index contributed by atoms with van der Waals surface area (Å²) in [5.74, 6) is 0.662. The Labute approximate surface area is 178 Å². The first-order chi connectivity index (χ1) is 14.4. The van der Waals surface area contributed by atoms with E-state index in [-0.39, 0.29) is 29.5 Å². The van der Waals surface area contributed by atoms with Gasteiger partial charge in [0, 0.05) is 45.4 Å². The van der Waals surface area contributed by atoms with Crippen molar-refractivity contribution in [3.05, 3.63) is 11.8 Å². The van der Waals surface area contributed by atoms with Crippen LogP contribution < -0.4 is 16.4 Å². The molecule has 1 aromatic heterocycles. The highest BCUT2D eigenvalue weighted by Gasteiger charge is 2.28. The summed E-state index contributed by atoms with van der Waals surface area (Å²) in [6.07, 6.45) is 9.14. The second-order valence-electron chi connectivity index (χ2n) is 8.60. The van der Waals surface area contributed by atoms with Crippen molar-refractivity contribution < 1.29 is 14.3 Å². The van der Waals surface area contributed by atoms with Crippen molar-refractivity contribution >= 4 is 23.6 Å². The standard InChI is InChI=1S/C21H34N6O3/c1-27(2)20(29)13-4-6-14(7-5-13)24-19-17(18(22)28)12-23-21(26-19)25-15-8-10-16(30-3)11-9-15/h12-16H,4-11H2,1-3H3,(H2,22,28)(H2,23,24,25,26)/t13-,14+,15-,16-. The average molecular weight is 419 g/mol. The van der Waals surface area contributed by atoms with Gasteiger partial charge < -0.3 is 26.0 Å². The second-order valence-corrected chi connectivity index (χ2v) is 8.60. The first-order valence-corrected chi connectivity index (χ1v) is 10.8. The Morgan fingerprint density at radius 2 is 1.63 bits per heavy atom. The van der Waals surface area contributed by atoms with E-state index in [9.17, 15) is 9.59 Å². The maximum atomic E-state index is 12.2. The number of aromatic nitrogens is 2. The van der Waals surface area contributed by atoms with Crippen LogP contribution >= 0.6 is 0 Å². The normalized spacial score (nSPS) is 26.6. The summed E-state index contributed by atoms with van der Waals surface area (Å²) >= 11 is 0. The first kappa shape index (κ1) is 22.3. The van der Waals surface area contributed by atoms with Crippen LogP contribution in [0, 0.1) is 5.92 Å². The lowest BCUT2D eigenvalue weighted by Crippen LogP contribution is -2.35. The minimum absolute atomic E-state index is 0.0681. The van der Waals surface area contributed by atoms with Gasteiger partial charge in [0.25, 0.3) is 5.91 Å². The number of hydrogen-bond donors (Lipinski definition) is 3. The highest BCUT2D eigenvalue weighted by Crippen LogP contribution is 2.29. The Morgan fingerprint density at radius 3 is 2.20 bits per heavy atom. The van der Waals surface area contributed by atoms with Crippen LogP contribution in [0.4, 0.5) is 11.8 Å². The Kier molecular flexibility index (Phi) is 7.47. The molecule has 0 atom stereocenters. The molecular formula is C21H34N6O3. The van der Waals surface area contributed by atoms with E-state index in [2.05, 4.69) is 20.6 Å². The molecule has 1 heterocycles. The van der Waals surface area contributed by atoms with Crippen molar-refractivity contribution in [3.63, 3.8) is 0 Å². The minimum Gasteiger partial charge on any atom is -0.381 e. The van der Waals surface area contributed by atoms with Crippen molar-refractivity contribution in [1.82, 2.24) is 14.9 Å². The first-order valence-electron chi connectivity index (χ1n) is 10.8. The molecule has 0 spiro atoms. The van der Waals surface area contributed by atoms with Gasteiger partial charge in [0.1, 0.15) is 5.82 Å². The third kappa shape index (κ3) is 5.59. The van der Waals surface area contributed by atoms with Crippen molar-refractivity contribution in [3.8, 4) is 0 Å². The number of rotatable bonds is 7. The van der Waals surface area contributed by atoms with E-state index in [1.807, 2.05) is 0 Å². The van der Waals surface area contributed by atoms with Gasteiger partial charge in [-0.05, 0) is 51.4 Å². The van der Waals surface area contributed by atoms with Gasteiger partial charge >= 0.3 is 0 Å². The van der Waals surface area contributed by atoms with Crippen LogP contribution in [0.25, 0.3) is 0 Å². The van der Waals surface area contributed by atoms with Crippen LogP contribution in [0.15, 0.2) is 6.20 Å². The number of ether oxygens (including phenoxy) is 1. The maximum Gasteiger partial charge on any atom is 0.254 e. The number of carbonyl (C=O) groups is 2. The monoisotopic (exact) mass is 418 g/mol. The quantitative estimate of drug-likeness (QED) is 0.619. The zero-order chi connectivity index (χ0) is 21.7. The predicted octanol–water partition coefficient (Wildman–Crippen LogP) is 2.00. The number of methoxy groups -OCH3 is 1. The van der Waals surface area contributed by atoms with Crippen LogP contribution in [0.5, 0.6) is 0 Å². The largest absolute Gasteiger partial charge is 0.381 e. The molecule has 2 aliphatic rings. The van der Waals surface area contributed by atoms with Gasteiger partial charge in [-0.3, -0.25) is 9.59 Å². The summed E-state index contributed by atoms with van der Waals surface area (Å²) in [7, 11) is 5.35. The molecule has 0 saturated heterocycles. The third-order valence-electron chi connectivity index (χ3n) is 6.25. The smallest absolute Gasteiger partial charge is 0.254 e. The van der Waals surface area contributed by atoms with E-state index in [1.54, 1.807) is 26.1 Å². The Bertz CT molecular complexity index is 740. The Balaban J connectivity index is 1.63. The third-order valence-corrected chi connectivity index (χ3v) is 6.25. The number of carbonyl (C=O) groups excluding carboxylic acids is 2. The fourth-order valence-electron chi connectivity index (χ4n) is 4.41. The van der Waals surface area contributed by atoms with Crippen molar-refractivity contribution in [2.45, 2.75) is 69.6 Å². The summed E-state index contributed by atoms with van der Waals surface area (Å²) in [6.45, 7) is 0. The number of amides is 2. The van der Waals surface area contributed by atoms with Crippen LogP contribution in [-0.4, -0.2) is 66.1 Å². The van der Waals surface area contributed by atoms with E-state index < -0.39 is 5.91 Å². The molecule has 0 aliphatic heterocycles. The van der Waals surface area contributed by atoms with Crippen molar-refractivity contribution in [1.29, 1.82) is 0 Å². The van der Waals surface area contributed by atoms with Crippen LogP contribution in [0.3, 0.4) is 0 Å². The van der Waals surface area contributed by atoms with E-state index in [1.165, 1.54) is 6.20 Å². The predicted molar refractivity (Wildman–Crippen MR) is 115 cm³/mol. The SMILES string of the molecule is CO[C@H]1CC[C@H](Nc2ncc(C(N)=O)c(N[C@H]3CC[C@@H](C(=O)N(C)C)CC3)n2)CC1. The lowest BCUT2D eigenvalue weighted by molar-refractivity contribution is -0.133. The summed E-state index contributed by atoms with van der Waals surface area (Å²) in [5, 5.41) is 6.76. The molecule has 2 aliphatic carbocycles. The van der Waals surface area contributed by atoms with Crippen molar-refractivity contribution in [2.24, 2.45) is 11.7 Å². The molecule has 3 rings (SSSR count). The summed E-state index contributed by atoms with van der Waals surface area (Å²) in [6, 6.07) is 0.436. The van der Waals surface area contributed by atoms with Gasteiger partial charge in [0.15, 0.2) is 0 Å². The number of anilines is 2. The average Bonchev–Trinajstić information content (AvgIpc) is 2.74. The fourth-order valence-corrected chi connectivity index (χ4v) is 4.41. The summed E-state index contributed by atoms with van der Waals surface area (Å²) < 4.78 is 5.43. The van der Waals surface area contributed by atoms with E-state index in [4.69, 9.17) is 10.5 Å². The molecule has 9 heteroatoms. The van der Waals surface area contributed by atoms with Gasteiger partial charge in [-0.2, -0.15) is 4.98 Å². The van der Waals surface area contributed by atoms with Gasteiger partial charge in [0.05, 0.1) is 11.7 Å². The molecule has 166 valence electrons. The summed E-state index contributed by atoms with van der Waals surface area (Å²) in [5.41, 5.74) is 5.82. The van der Waals surface area contributed by atoms with E-state index >= 15 is 0 Å². The number of hydrogen-bond acceptors (Lipinski definition) is 7. The van der Waals surface area contributed by atoms with Gasteiger partial charge in [-0.25, -0.2) is 4.98 Å². The zero-order valence-corrected chi connectivity index (χ0v) is 18.2. The Morgan fingerprint density at radius 1 is 1.03 bits per heavy atom. The van der Waals surface area contributed by atoms with Crippen molar-refractivity contribution in [2.75, 3.05) is 31.8 Å². The van der Waals surface area contributed by atoms with Crippen LogP contribution in [0.1, 0.15) is 61.7 Å². The molecular weight excluding hydrogens is 384 g/mol. The highest BCUT2D eigenvalue weighted by molar-refractivity contribution is 5.97. The molecule has 30 heavy (non-hydrogen) atoms. The molecule has 0 radical (unpaired) electrons. The van der Waals surface area contributed by atoms with Gasteiger partial charge in [0.2, 0.25) is 11.9 Å². The molecule has 0 bridgehead atoms. The lowest BCUT2D eigenvalue weighted by atomic mass is 9.85. The van der Waals surface area contributed by atoms with Gasteiger partial charge in [-0.15, -0.1) is 0 Å². The molecule has 2 amide bonds. The summed E-state index contributed by atoms with van der Waals surface area (Å²) in [4.78, 5) is 34.6. The molecule has 0 aromatic carbocycles. The zero-order valence-electron chi connectivity index (χ0n) is 18.2. The second kappa shape index (κ2) is 10.1. The lowest BCUT2D eigenvalue weighted by Gasteiger charge is -2.31.